The van der Waals surface area contributed by atoms with Crippen LogP contribution in [0.1, 0.15) is 18.4 Å². The molecule has 0 spiro atoms. The zero-order chi connectivity index (χ0) is 11.9. The van der Waals surface area contributed by atoms with E-state index < -0.39 is 15.8 Å². The molecule has 0 saturated heterocycles. The largest absolute Gasteiger partial charge is 0.243 e. The molecule has 0 bridgehead atoms. The van der Waals surface area contributed by atoms with Crippen LogP contribution in [0, 0.1) is 12.7 Å². The molecular formula is C11H14FNO2S. The summed E-state index contributed by atoms with van der Waals surface area (Å²) < 4.78 is 38.6. The summed E-state index contributed by atoms with van der Waals surface area (Å²) in [5, 5.41) is 0. The fourth-order valence-electron chi connectivity index (χ4n) is 1.69. The van der Waals surface area contributed by atoms with Crippen molar-refractivity contribution in [3.05, 3.63) is 29.6 Å². The van der Waals surface area contributed by atoms with Crippen LogP contribution in [0.2, 0.25) is 0 Å². The second-order valence-corrected chi connectivity index (χ2v) is 6.13. The van der Waals surface area contributed by atoms with Gasteiger partial charge in [0.25, 0.3) is 0 Å². The van der Waals surface area contributed by atoms with E-state index in [0.717, 1.165) is 12.8 Å². The van der Waals surface area contributed by atoms with Crippen molar-refractivity contribution in [2.45, 2.75) is 30.7 Å². The third kappa shape index (κ3) is 1.97. The van der Waals surface area contributed by atoms with Crippen molar-refractivity contribution in [1.29, 1.82) is 0 Å². The van der Waals surface area contributed by atoms with E-state index in [1.54, 1.807) is 14.0 Å². The van der Waals surface area contributed by atoms with Crippen LogP contribution >= 0.6 is 0 Å². The van der Waals surface area contributed by atoms with Gasteiger partial charge < -0.3 is 0 Å². The second kappa shape index (κ2) is 3.82. The van der Waals surface area contributed by atoms with E-state index in [-0.39, 0.29) is 10.9 Å². The molecular weight excluding hydrogens is 229 g/mol. The molecule has 0 N–H and O–H groups in total. The highest BCUT2D eigenvalue weighted by Gasteiger charge is 2.35. The van der Waals surface area contributed by atoms with Gasteiger partial charge in [0.2, 0.25) is 10.0 Å². The molecule has 88 valence electrons. The Morgan fingerprint density at radius 3 is 2.50 bits per heavy atom. The summed E-state index contributed by atoms with van der Waals surface area (Å²) in [5.41, 5.74) is 0.451. The van der Waals surface area contributed by atoms with Gasteiger partial charge in [-0.3, -0.25) is 0 Å². The third-order valence-corrected chi connectivity index (χ3v) is 4.93. The molecule has 1 aliphatic rings. The molecule has 0 unspecified atom stereocenters. The SMILES string of the molecule is Cc1cc(F)ccc1S(=O)(=O)N(C)C1CC1. The summed E-state index contributed by atoms with van der Waals surface area (Å²) in [4.78, 5) is 0.198. The molecule has 1 aromatic rings. The van der Waals surface area contributed by atoms with E-state index in [9.17, 15) is 12.8 Å². The lowest BCUT2D eigenvalue weighted by atomic mass is 10.2. The summed E-state index contributed by atoms with van der Waals surface area (Å²) >= 11 is 0. The number of benzene rings is 1. The zero-order valence-corrected chi connectivity index (χ0v) is 10.1. The van der Waals surface area contributed by atoms with Gasteiger partial charge in [-0.1, -0.05) is 0 Å². The molecule has 1 fully saturated rings. The maximum atomic E-state index is 12.9. The summed E-state index contributed by atoms with van der Waals surface area (Å²) in [6.45, 7) is 1.61. The Bertz CT molecular complexity index is 509. The summed E-state index contributed by atoms with van der Waals surface area (Å²) in [5.74, 6) is -0.412. The Kier molecular flexibility index (Phi) is 2.75. The molecule has 0 aliphatic heterocycles. The molecule has 0 amide bonds. The Morgan fingerprint density at radius 1 is 1.38 bits per heavy atom. The van der Waals surface area contributed by atoms with Crippen molar-refractivity contribution >= 4 is 10.0 Å². The summed E-state index contributed by atoms with van der Waals surface area (Å²) in [6.07, 6.45) is 1.83. The van der Waals surface area contributed by atoms with Gasteiger partial charge in [0.1, 0.15) is 5.82 Å². The van der Waals surface area contributed by atoms with Crippen molar-refractivity contribution in [2.75, 3.05) is 7.05 Å². The lowest BCUT2D eigenvalue weighted by Gasteiger charge is -2.17. The summed E-state index contributed by atoms with van der Waals surface area (Å²) in [7, 11) is -1.88. The van der Waals surface area contributed by atoms with Crippen LogP contribution in [0.15, 0.2) is 23.1 Å². The number of aryl methyl sites for hydroxylation is 1. The van der Waals surface area contributed by atoms with Crippen LogP contribution in [-0.4, -0.2) is 25.8 Å². The molecule has 1 saturated carbocycles. The van der Waals surface area contributed by atoms with Crippen LogP contribution in [0.3, 0.4) is 0 Å². The highest BCUT2D eigenvalue weighted by atomic mass is 32.2. The minimum atomic E-state index is -3.46. The van der Waals surface area contributed by atoms with Crippen molar-refractivity contribution in [2.24, 2.45) is 0 Å². The molecule has 3 nitrogen and oxygen atoms in total. The van der Waals surface area contributed by atoms with Gasteiger partial charge >= 0.3 is 0 Å². The average molecular weight is 243 g/mol. The Morgan fingerprint density at radius 2 is 2.00 bits per heavy atom. The number of halogens is 1. The van der Waals surface area contributed by atoms with E-state index in [1.807, 2.05) is 0 Å². The highest BCUT2D eigenvalue weighted by Crippen LogP contribution is 2.31. The van der Waals surface area contributed by atoms with Gasteiger partial charge in [-0.2, -0.15) is 4.31 Å². The fourth-order valence-corrected chi connectivity index (χ4v) is 3.31. The topological polar surface area (TPSA) is 37.4 Å². The van der Waals surface area contributed by atoms with Crippen LogP contribution in [0.5, 0.6) is 0 Å². The monoisotopic (exact) mass is 243 g/mol. The zero-order valence-electron chi connectivity index (χ0n) is 9.27. The Labute approximate surface area is 94.9 Å². The van der Waals surface area contributed by atoms with Gasteiger partial charge in [0.05, 0.1) is 4.90 Å². The van der Waals surface area contributed by atoms with Crippen molar-refractivity contribution in [3.8, 4) is 0 Å². The Balaban J connectivity index is 2.42. The lowest BCUT2D eigenvalue weighted by Crippen LogP contribution is -2.29. The van der Waals surface area contributed by atoms with E-state index in [4.69, 9.17) is 0 Å². The van der Waals surface area contributed by atoms with E-state index in [0.29, 0.717) is 5.56 Å². The molecule has 16 heavy (non-hydrogen) atoms. The van der Waals surface area contributed by atoms with Gasteiger partial charge in [-0.05, 0) is 43.5 Å². The molecule has 0 radical (unpaired) electrons. The van der Waals surface area contributed by atoms with Gasteiger partial charge in [-0.25, -0.2) is 12.8 Å². The molecule has 2 rings (SSSR count). The van der Waals surface area contributed by atoms with Crippen molar-refractivity contribution < 1.29 is 12.8 Å². The van der Waals surface area contributed by atoms with E-state index in [1.165, 1.54) is 22.5 Å². The normalized spacial score (nSPS) is 16.8. The number of hydrogen-bond acceptors (Lipinski definition) is 2. The minimum Gasteiger partial charge on any atom is -0.207 e. The van der Waals surface area contributed by atoms with E-state index in [2.05, 4.69) is 0 Å². The van der Waals surface area contributed by atoms with Crippen LogP contribution in [0.25, 0.3) is 0 Å². The molecule has 0 atom stereocenters. The number of nitrogens with zero attached hydrogens (tertiary/aromatic N) is 1. The van der Waals surface area contributed by atoms with Crippen LogP contribution < -0.4 is 0 Å². The highest BCUT2D eigenvalue weighted by molar-refractivity contribution is 7.89. The molecule has 0 aromatic heterocycles. The van der Waals surface area contributed by atoms with Crippen molar-refractivity contribution in [1.82, 2.24) is 4.31 Å². The summed E-state index contributed by atoms with van der Waals surface area (Å²) in [6, 6.07) is 3.88. The van der Waals surface area contributed by atoms with Gasteiger partial charge in [0, 0.05) is 13.1 Å². The molecule has 1 aliphatic carbocycles. The first-order valence-electron chi connectivity index (χ1n) is 5.17. The first-order valence-corrected chi connectivity index (χ1v) is 6.61. The third-order valence-electron chi connectivity index (χ3n) is 2.86. The average Bonchev–Trinajstić information content (AvgIpc) is 2.98. The lowest BCUT2D eigenvalue weighted by molar-refractivity contribution is 0.463. The first-order chi connectivity index (χ1) is 7.43. The second-order valence-electron chi connectivity index (χ2n) is 4.16. The number of rotatable bonds is 3. The van der Waals surface area contributed by atoms with E-state index >= 15 is 0 Å². The predicted octanol–water partition coefficient (Wildman–Crippen LogP) is 1.92. The predicted molar refractivity (Wildman–Crippen MR) is 59.1 cm³/mol. The van der Waals surface area contributed by atoms with Crippen LogP contribution in [0.4, 0.5) is 4.39 Å². The first kappa shape index (κ1) is 11.5. The maximum Gasteiger partial charge on any atom is 0.243 e. The molecule has 5 heteroatoms. The standard InChI is InChI=1S/C11H14FNO2S/c1-8-7-9(12)3-6-11(8)16(14,15)13(2)10-4-5-10/h3,6-7,10H,4-5H2,1-2H3. The quantitative estimate of drug-likeness (QED) is 0.813. The van der Waals surface area contributed by atoms with Crippen LogP contribution in [-0.2, 0) is 10.0 Å². The van der Waals surface area contributed by atoms with Gasteiger partial charge in [-0.15, -0.1) is 0 Å². The molecule has 1 aromatic carbocycles. The number of sulfonamides is 1. The maximum absolute atomic E-state index is 12.9. The van der Waals surface area contributed by atoms with Gasteiger partial charge in [0.15, 0.2) is 0 Å². The molecule has 0 heterocycles. The minimum absolute atomic E-state index is 0.120. The smallest absolute Gasteiger partial charge is 0.207 e. The fraction of sp³-hybridized carbons (Fsp3) is 0.455. The number of hydrogen-bond donors (Lipinski definition) is 0. The van der Waals surface area contributed by atoms with Crippen molar-refractivity contribution in [3.63, 3.8) is 0 Å². The Hall–Kier alpha value is -0.940.